The molecule has 1 saturated heterocycles. The van der Waals surface area contributed by atoms with E-state index in [0.29, 0.717) is 29.4 Å². The second kappa shape index (κ2) is 9.72. The molecule has 0 radical (unpaired) electrons. The fourth-order valence-corrected chi connectivity index (χ4v) is 5.03. The van der Waals surface area contributed by atoms with Crippen molar-refractivity contribution in [2.75, 3.05) is 29.9 Å². The minimum Gasteiger partial charge on any atom is -0.359 e. The molecule has 0 saturated carbocycles. The number of hydrogen-bond acceptors (Lipinski definition) is 6. The van der Waals surface area contributed by atoms with Crippen molar-refractivity contribution in [3.05, 3.63) is 69.1 Å². The molecule has 9 heteroatoms. The average Bonchev–Trinajstić information content (AvgIpc) is 3.18. The predicted octanol–water partition coefficient (Wildman–Crippen LogP) is 4.59. The third kappa shape index (κ3) is 5.58. The number of piperazine rings is 1. The molecule has 0 spiro atoms. The normalized spacial score (nSPS) is 13.7. The maximum Gasteiger partial charge on any atom is 0.255 e. The van der Waals surface area contributed by atoms with Crippen molar-refractivity contribution in [1.82, 2.24) is 10.3 Å². The first-order valence-corrected chi connectivity index (χ1v) is 12.0. The third-order valence-electron chi connectivity index (χ3n) is 4.75. The summed E-state index contributed by atoms with van der Waals surface area (Å²) in [6.45, 7) is 3.56. The van der Waals surface area contributed by atoms with E-state index in [4.69, 9.17) is 11.6 Å². The SMILES string of the molecule is Cc1nc(CSc2ccc(C(=O)Nc3ccc(N4CCNC(=O)C4)c(Cl)c3)cc2)cs1. The van der Waals surface area contributed by atoms with E-state index in [9.17, 15) is 9.59 Å². The molecule has 2 amide bonds. The summed E-state index contributed by atoms with van der Waals surface area (Å²) >= 11 is 9.76. The van der Waals surface area contributed by atoms with Crippen LogP contribution in [0.3, 0.4) is 0 Å². The van der Waals surface area contributed by atoms with Gasteiger partial charge in [-0.1, -0.05) is 11.6 Å². The summed E-state index contributed by atoms with van der Waals surface area (Å²) in [6.07, 6.45) is 0. The van der Waals surface area contributed by atoms with Gasteiger partial charge in [-0.15, -0.1) is 23.1 Å². The summed E-state index contributed by atoms with van der Waals surface area (Å²) in [5, 5.41) is 9.31. The van der Waals surface area contributed by atoms with Gasteiger partial charge in [0.2, 0.25) is 5.91 Å². The number of thioether (sulfide) groups is 1. The van der Waals surface area contributed by atoms with Gasteiger partial charge in [-0.25, -0.2) is 4.98 Å². The highest BCUT2D eigenvalue weighted by Gasteiger charge is 2.19. The molecule has 2 heterocycles. The van der Waals surface area contributed by atoms with Crippen LogP contribution < -0.4 is 15.5 Å². The van der Waals surface area contributed by atoms with Crippen molar-refractivity contribution in [3.8, 4) is 0 Å². The van der Waals surface area contributed by atoms with E-state index in [1.54, 1.807) is 35.2 Å². The molecule has 1 fully saturated rings. The molecule has 1 aliphatic heterocycles. The van der Waals surface area contributed by atoms with Gasteiger partial charge in [-0.2, -0.15) is 0 Å². The maximum atomic E-state index is 12.6. The zero-order chi connectivity index (χ0) is 21.8. The van der Waals surface area contributed by atoms with Crippen LogP contribution in [0.4, 0.5) is 11.4 Å². The molecule has 31 heavy (non-hydrogen) atoms. The van der Waals surface area contributed by atoms with E-state index in [-0.39, 0.29) is 18.4 Å². The second-order valence-corrected chi connectivity index (χ2v) is 9.58. The standard InChI is InChI=1S/C22H21ClN4O2S2/c1-14-25-17(12-30-14)13-31-18-5-2-15(3-6-18)22(29)26-16-4-7-20(19(23)10-16)27-9-8-24-21(28)11-27/h2-7,10,12H,8-9,11,13H2,1H3,(H,24,28)(H,26,29). The second-order valence-electron chi connectivity index (χ2n) is 7.06. The molecule has 4 rings (SSSR count). The Bertz CT molecular complexity index is 1100. The molecule has 0 unspecified atom stereocenters. The molecule has 160 valence electrons. The van der Waals surface area contributed by atoms with Crippen molar-refractivity contribution in [1.29, 1.82) is 0 Å². The minimum atomic E-state index is -0.201. The van der Waals surface area contributed by atoms with Crippen LogP contribution in [-0.4, -0.2) is 36.4 Å². The number of rotatable bonds is 6. The molecule has 1 aromatic heterocycles. The number of nitrogens with zero attached hydrogens (tertiary/aromatic N) is 2. The highest BCUT2D eigenvalue weighted by Crippen LogP contribution is 2.30. The highest BCUT2D eigenvalue weighted by molar-refractivity contribution is 7.98. The first kappa shape index (κ1) is 21.7. The van der Waals surface area contributed by atoms with E-state index >= 15 is 0 Å². The molecule has 0 bridgehead atoms. The van der Waals surface area contributed by atoms with Crippen LogP contribution in [0, 0.1) is 6.92 Å². The van der Waals surface area contributed by atoms with E-state index < -0.39 is 0 Å². The average molecular weight is 473 g/mol. The summed E-state index contributed by atoms with van der Waals surface area (Å²) in [6, 6.07) is 12.8. The third-order valence-corrected chi connectivity index (χ3v) is 6.93. The molecule has 0 aliphatic carbocycles. The Hall–Kier alpha value is -2.55. The van der Waals surface area contributed by atoms with Crippen LogP contribution in [0.1, 0.15) is 21.1 Å². The Morgan fingerprint density at radius 2 is 2.10 bits per heavy atom. The smallest absolute Gasteiger partial charge is 0.255 e. The zero-order valence-electron chi connectivity index (χ0n) is 16.9. The van der Waals surface area contributed by atoms with Gasteiger partial charge >= 0.3 is 0 Å². The largest absolute Gasteiger partial charge is 0.359 e. The van der Waals surface area contributed by atoms with Gasteiger partial charge in [-0.05, 0) is 49.4 Å². The van der Waals surface area contributed by atoms with Gasteiger partial charge in [0.05, 0.1) is 28.0 Å². The number of thiazole rings is 1. The van der Waals surface area contributed by atoms with Crippen LogP contribution in [0.15, 0.2) is 52.7 Å². The van der Waals surface area contributed by atoms with Crippen molar-refractivity contribution in [2.24, 2.45) is 0 Å². The summed E-state index contributed by atoms with van der Waals surface area (Å²) in [7, 11) is 0. The molecule has 1 aliphatic rings. The number of halogens is 1. The molecule has 3 aromatic rings. The lowest BCUT2D eigenvalue weighted by atomic mass is 10.2. The maximum absolute atomic E-state index is 12.6. The number of hydrogen-bond donors (Lipinski definition) is 2. The summed E-state index contributed by atoms with van der Waals surface area (Å²) in [5.74, 6) is 0.579. The summed E-state index contributed by atoms with van der Waals surface area (Å²) in [4.78, 5) is 31.7. The lowest BCUT2D eigenvalue weighted by Gasteiger charge is -2.29. The van der Waals surface area contributed by atoms with Crippen molar-refractivity contribution in [2.45, 2.75) is 17.6 Å². The number of carbonyl (C=O) groups is 2. The van der Waals surface area contributed by atoms with Crippen molar-refractivity contribution in [3.63, 3.8) is 0 Å². The van der Waals surface area contributed by atoms with Crippen molar-refractivity contribution < 1.29 is 9.59 Å². The molecule has 0 atom stereocenters. The minimum absolute atomic E-state index is 0.0250. The quantitative estimate of drug-likeness (QED) is 0.513. The van der Waals surface area contributed by atoms with Gasteiger partial charge < -0.3 is 15.5 Å². The lowest BCUT2D eigenvalue weighted by Crippen LogP contribution is -2.47. The van der Waals surface area contributed by atoms with Crippen LogP contribution in [0.25, 0.3) is 0 Å². The van der Waals surface area contributed by atoms with Gasteiger partial charge in [0.15, 0.2) is 0 Å². The fraction of sp³-hybridized carbons (Fsp3) is 0.227. The van der Waals surface area contributed by atoms with Crippen LogP contribution in [0.5, 0.6) is 0 Å². The number of amides is 2. The van der Waals surface area contributed by atoms with Gasteiger partial charge in [0.1, 0.15) is 0 Å². The Labute approximate surface area is 194 Å². The first-order valence-electron chi connectivity index (χ1n) is 9.74. The fourth-order valence-electron chi connectivity index (χ4n) is 3.22. The molecule has 6 nitrogen and oxygen atoms in total. The zero-order valence-corrected chi connectivity index (χ0v) is 19.2. The number of carbonyl (C=O) groups excluding carboxylic acids is 2. The predicted molar refractivity (Wildman–Crippen MR) is 127 cm³/mol. The molecular formula is C22H21ClN4O2S2. The lowest BCUT2D eigenvalue weighted by molar-refractivity contribution is -0.120. The number of benzene rings is 2. The molecule has 2 aromatic carbocycles. The Morgan fingerprint density at radius 1 is 1.29 bits per heavy atom. The molecular weight excluding hydrogens is 452 g/mol. The number of aryl methyl sites for hydroxylation is 1. The topological polar surface area (TPSA) is 74.3 Å². The summed E-state index contributed by atoms with van der Waals surface area (Å²) in [5.41, 5.74) is 3.03. The summed E-state index contributed by atoms with van der Waals surface area (Å²) < 4.78 is 0. The van der Waals surface area contributed by atoms with Gasteiger partial charge in [0, 0.05) is 40.4 Å². The van der Waals surface area contributed by atoms with Gasteiger partial charge in [0.25, 0.3) is 5.91 Å². The highest BCUT2D eigenvalue weighted by atomic mass is 35.5. The van der Waals surface area contributed by atoms with Crippen LogP contribution in [0.2, 0.25) is 5.02 Å². The first-order chi connectivity index (χ1) is 15.0. The van der Waals surface area contributed by atoms with Crippen molar-refractivity contribution >= 4 is 57.9 Å². The van der Waals surface area contributed by atoms with E-state index in [1.165, 1.54) is 0 Å². The van der Waals surface area contributed by atoms with E-state index in [2.05, 4.69) is 21.0 Å². The number of nitrogens with one attached hydrogen (secondary N) is 2. The Balaban J connectivity index is 1.36. The van der Waals surface area contributed by atoms with Gasteiger partial charge in [-0.3, -0.25) is 9.59 Å². The Morgan fingerprint density at radius 3 is 2.77 bits per heavy atom. The van der Waals surface area contributed by atoms with E-state index in [0.717, 1.165) is 27.0 Å². The Kier molecular flexibility index (Phi) is 6.80. The molecule has 2 N–H and O–H groups in total. The van der Waals surface area contributed by atoms with Crippen LogP contribution >= 0.6 is 34.7 Å². The van der Waals surface area contributed by atoms with E-state index in [1.807, 2.05) is 42.2 Å². The number of aromatic nitrogens is 1. The van der Waals surface area contributed by atoms with Crippen LogP contribution in [-0.2, 0) is 10.5 Å². The number of anilines is 2. The monoisotopic (exact) mass is 472 g/mol.